The summed E-state index contributed by atoms with van der Waals surface area (Å²) in [5.74, 6) is -0.139. The second-order valence-corrected chi connectivity index (χ2v) is 8.94. The Morgan fingerprint density at radius 2 is 1.88 bits per heavy atom. The van der Waals surface area contributed by atoms with Crippen molar-refractivity contribution in [3.8, 4) is 0 Å². The van der Waals surface area contributed by atoms with Crippen molar-refractivity contribution < 1.29 is 9.59 Å². The maximum Gasteiger partial charge on any atom is 0.255 e. The van der Waals surface area contributed by atoms with E-state index in [1.165, 1.54) is 4.88 Å². The van der Waals surface area contributed by atoms with Gasteiger partial charge in [-0.15, -0.1) is 11.3 Å². The first-order valence-corrected chi connectivity index (χ1v) is 11.4. The van der Waals surface area contributed by atoms with Crippen molar-refractivity contribution in [3.63, 3.8) is 0 Å². The Hall–Kier alpha value is -3.58. The number of nitrogens with one attached hydrogen (secondary N) is 2. The second-order valence-electron chi connectivity index (χ2n) is 7.96. The molecule has 0 unspecified atom stereocenters. The van der Waals surface area contributed by atoms with E-state index in [9.17, 15) is 9.59 Å². The van der Waals surface area contributed by atoms with Crippen LogP contribution in [0.25, 0.3) is 0 Å². The first kappa shape index (κ1) is 20.3. The number of hydrogen-bond donors (Lipinski definition) is 2. The van der Waals surface area contributed by atoms with Crippen LogP contribution < -0.4 is 10.6 Å². The van der Waals surface area contributed by atoms with E-state index >= 15 is 0 Å². The summed E-state index contributed by atoms with van der Waals surface area (Å²) < 4.78 is 0. The third-order valence-electron chi connectivity index (χ3n) is 5.91. The lowest BCUT2D eigenvalue weighted by Gasteiger charge is -2.36. The SMILES string of the molecule is CC1=C(C(=O)Nc2ccccn2)[C@@H](c2ccccn2)C2=C(C[C@@H](c3cccs3)CC2=O)N1. The van der Waals surface area contributed by atoms with Gasteiger partial charge in [0.25, 0.3) is 5.91 Å². The van der Waals surface area contributed by atoms with Crippen LogP contribution in [0.1, 0.15) is 42.2 Å². The van der Waals surface area contributed by atoms with Crippen LogP contribution in [0.2, 0.25) is 0 Å². The zero-order valence-electron chi connectivity index (χ0n) is 17.5. The van der Waals surface area contributed by atoms with Crippen molar-refractivity contribution in [2.45, 2.75) is 31.6 Å². The van der Waals surface area contributed by atoms with Gasteiger partial charge in [0, 0.05) is 52.1 Å². The highest BCUT2D eigenvalue weighted by Crippen LogP contribution is 2.45. The Balaban J connectivity index is 1.56. The van der Waals surface area contributed by atoms with E-state index < -0.39 is 5.92 Å². The maximum atomic E-state index is 13.5. The highest BCUT2D eigenvalue weighted by molar-refractivity contribution is 7.10. The summed E-state index contributed by atoms with van der Waals surface area (Å²) in [4.78, 5) is 36.8. The molecule has 0 saturated heterocycles. The number of rotatable bonds is 4. The molecule has 0 spiro atoms. The topological polar surface area (TPSA) is 84.0 Å². The van der Waals surface area contributed by atoms with Crippen molar-refractivity contribution in [1.29, 1.82) is 0 Å². The molecule has 1 amide bonds. The Kier molecular flexibility index (Phi) is 5.41. The third kappa shape index (κ3) is 3.76. The number of pyridine rings is 2. The first-order chi connectivity index (χ1) is 15.6. The number of amides is 1. The lowest BCUT2D eigenvalue weighted by atomic mass is 9.73. The molecule has 2 aliphatic rings. The van der Waals surface area contributed by atoms with Crippen LogP contribution in [0.5, 0.6) is 0 Å². The molecule has 0 bridgehead atoms. The van der Waals surface area contributed by atoms with E-state index in [1.807, 2.05) is 42.6 Å². The van der Waals surface area contributed by atoms with E-state index in [0.29, 0.717) is 29.1 Å². The molecule has 1 aliphatic heterocycles. The van der Waals surface area contributed by atoms with Gasteiger partial charge in [0.05, 0.1) is 11.6 Å². The van der Waals surface area contributed by atoms with E-state index in [1.54, 1.807) is 35.9 Å². The number of anilines is 1. The van der Waals surface area contributed by atoms with Gasteiger partial charge in [-0.25, -0.2) is 4.98 Å². The van der Waals surface area contributed by atoms with Gasteiger partial charge in [-0.2, -0.15) is 0 Å². The molecule has 2 atom stereocenters. The molecule has 4 heterocycles. The number of Topliss-reactive ketones (excluding diaryl/α,β-unsaturated/α-hetero) is 1. The van der Waals surface area contributed by atoms with E-state index in [2.05, 4.69) is 26.7 Å². The molecule has 5 rings (SSSR count). The number of aromatic nitrogens is 2. The van der Waals surface area contributed by atoms with Gasteiger partial charge in [-0.1, -0.05) is 18.2 Å². The molecule has 160 valence electrons. The zero-order chi connectivity index (χ0) is 22.1. The highest BCUT2D eigenvalue weighted by atomic mass is 32.1. The van der Waals surface area contributed by atoms with Crippen molar-refractivity contribution in [3.05, 3.63) is 99.4 Å². The van der Waals surface area contributed by atoms with Gasteiger partial charge in [0.15, 0.2) is 5.78 Å². The largest absolute Gasteiger partial charge is 0.362 e. The fourth-order valence-electron chi connectivity index (χ4n) is 4.53. The van der Waals surface area contributed by atoms with E-state index in [4.69, 9.17) is 0 Å². The monoisotopic (exact) mass is 442 g/mol. The molecular formula is C25H22N4O2S. The van der Waals surface area contributed by atoms with Gasteiger partial charge < -0.3 is 10.6 Å². The van der Waals surface area contributed by atoms with Crippen LogP contribution in [0, 0.1) is 0 Å². The predicted molar refractivity (Wildman–Crippen MR) is 124 cm³/mol. The number of dihydropyridines is 1. The molecule has 6 nitrogen and oxygen atoms in total. The van der Waals surface area contributed by atoms with Gasteiger partial charge in [-0.3, -0.25) is 14.6 Å². The van der Waals surface area contributed by atoms with Crippen LogP contribution in [0.3, 0.4) is 0 Å². The summed E-state index contributed by atoms with van der Waals surface area (Å²) in [7, 11) is 0. The van der Waals surface area contributed by atoms with E-state index in [-0.39, 0.29) is 17.6 Å². The summed E-state index contributed by atoms with van der Waals surface area (Å²) in [6, 6.07) is 15.0. The second kappa shape index (κ2) is 8.51. The third-order valence-corrected chi connectivity index (χ3v) is 6.94. The van der Waals surface area contributed by atoms with Gasteiger partial charge in [0.1, 0.15) is 5.82 Å². The molecule has 0 saturated carbocycles. The number of ketones is 1. The Bertz CT molecular complexity index is 1220. The summed E-state index contributed by atoms with van der Waals surface area (Å²) in [5, 5.41) is 8.31. The molecule has 3 aromatic rings. The van der Waals surface area contributed by atoms with Crippen molar-refractivity contribution in [2.24, 2.45) is 0 Å². The molecular weight excluding hydrogens is 420 g/mol. The predicted octanol–water partition coefficient (Wildman–Crippen LogP) is 4.54. The first-order valence-electron chi connectivity index (χ1n) is 10.5. The fourth-order valence-corrected chi connectivity index (χ4v) is 5.36. The number of allylic oxidation sites excluding steroid dienone is 3. The Morgan fingerprint density at radius 1 is 1.06 bits per heavy atom. The molecule has 32 heavy (non-hydrogen) atoms. The summed E-state index contributed by atoms with van der Waals surface area (Å²) >= 11 is 1.68. The minimum absolute atomic E-state index is 0.0587. The summed E-state index contributed by atoms with van der Waals surface area (Å²) in [6.45, 7) is 1.88. The van der Waals surface area contributed by atoms with Crippen LogP contribution >= 0.6 is 11.3 Å². The standard InChI is InChI=1S/C25H22N4O2S/c1-15-22(25(31)29-21-9-3-5-11-27-21)24(17-7-2-4-10-26-17)23-18(28-15)13-16(14-19(23)30)20-8-6-12-32-20/h2-12,16,24,28H,13-14H2,1H3,(H,27,29,31)/t16-,24-/m1/s1. The molecule has 7 heteroatoms. The van der Waals surface area contributed by atoms with Crippen LogP contribution in [0.4, 0.5) is 5.82 Å². The number of carbonyl (C=O) groups excluding carboxylic acids is 2. The lowest BCUT2D eigenvalue weighted by Crippen LogP contribution is -2.37. The maximum absolute atomic E-state index is 13.5. The Labute approximate surface area is 190 Å². The summed E-state index contributed by atoms with van der Waals surface area (Å²) in [6.07, 6.45) is 4.49. The Morgan fingerprint density at radius 3 is 2.56 bits per heavy atom. The average Bonchev–Trinajstić information content (AvgIpc) is 3.34. The van der Waals surface area contributed by atoms with Gasteiger partial charge in [-0.05, 0) is 49.1 Å². The molecule has 0 fully saturated rings. The lowest BCUT2D eigenvalue weighted by molar-refractivity contribution is -0.116. The normalized spacial score (nSPS) is 20.6. The molecule has 0 aromatic carbocycles. The van der Waals surface area contributed by atoms with Gasteiger partial charge in [0.2, 0.25) is 0 Å². The van der Waals surface area contributed by atoms with E-state index in [0.717, 1.165) is 17.8 Å². The minimum Gasteiger partial charge on any atom is -0.362 e. The number of carbonyl (C=O) groups is 2. The number of thiophene rings is 1. The smallest absolute Gasteiger partial charge is 0.255 e. The molecule has 2 N–H and O–H groups in total. The number of nitrogens with zero attached hydrogens (tertiary/aromatic N) is 2. The van der Waals surface area contributed by atoms with Crippen LogP contribution in [-0.4, -0.2) is 21.7 Å². The zero-order valence-corrected chi connectivity index (χ0v) is 18.4. The number of hydrogen-bond acceptors (Lipinski definition) is 6. The molecule has 3 aromatic heterocycles. The van der Waals surface area contributed by atoms with Crippen molar-refractivity contribution in [2.75, 3.05) is 5.32 Å². The fraction of sp³-hybridized carbons (Fsp3) is 0.200. The van der Waals surface area contributed by atoms with Crippen molar-refractivity contribution in [1.82, 2.24) is 15.3 Å². The highest BCUT2D eigenvalue weighted by Gasteiger charge is 2.41. The average molecular weight is 443 g/mol. The quantitative estimate of drug-likeness (QED) is 0.620. The van der Waals surface area contributed by atoms with Gasteiger partial charge >= 0.3 is 0 Å². The molecule has 0 radical (unpaired) electrons. The van der Waals surface area contributed by atoms with Crippen molar-refractivity contribution >= 4 is 28.8 Å². The van der Waals surface area contributed by atoms with Crippen LogP contribution in [0.15, 0.2) is 88.8 Å². The van der Waals surface area contributed by atoms with Crippen LogP contribution in [-0.2, 0) is 9.59 Å². The minimum atomic E-state index is -0.520. The molecule has 1 aliphatic carbocycles. The summed E-state index contributed by atoms with van der Waals surface area (Å²) in [5.41, 5.74) is 3.45.